The fourth-order valence-corrected chi connectivity index (χ4v) is 3.67. The molecule has 1 N–H and O–H groups in total. The molecule has 0 atom stereocenters. The van der Waals surface area contributed by atoms with E-state index in [1.807, 2.05) is 24.3 Å². The second-order valence-electron chi connectivity index (χ2n) is 7.60. The maximum atomic E-state index is 13.6. The number of carbonyl (C=O) groups excluding carboxylic acids is 1. The zero-order valence-electron chi connectivity index (χ0n) is 20.2. The van der Waals surface area contributed by atoms with Crippen LogP contribution in [0.25, 0.3) is 11.4 Å². The molecule has 0 aliphatic rings. The molecule has 0 fully saturated rings. The van der Waals surface area contributed by atoms with Gasteiger partial charge in [-0.15, -0.1) is 5.10 Å². The lowest BCUT2D eigenvalue weighted by atomic mass is 10.1. The first-order valence-electron chi connectivity index (χ1n) is 10.9. The van der Waals surface area contributed by atoms with Crippen LogP contribution < -0.4 is 24.3 Å². The van der Waals surface area contributed by atoms with Gasteiger partial charge in [-0.3, -0.25) is 4.79 Å². The zero-order chi connectivity index (χ0) is 25.7. The van der Waals surface area contributed by atoms with E-state index in [2.05, 4.69) is 15.4 Å². The molecule has 0 radical (unpaired) electrons. The lowest BCUT2D eigenvalue weighted by molar-refractivity contribution is 0.0946. The Labute approximate surface area is 213 Å². The molecule has 0 saturated heterocycles. The van der Waals surface area contributed by atoms with Gasteiger partial charge in [0.2, 0.25) is 11.7 Å². The van der Waals surface area contributed by atoms with Crippen LogP contribution >= 0.6 is 11.6 Å². The van der Waals surface area contributed by atoms with E-state index in [1.165, 1.54) is 26.0 Å². The first kappa shape index (κ1) is 24.9. The standard InChI is InChI=1S/C26H25ClN4O5/c1-33-20-11-7-17(8-12-20)24-29-26(28-15-16-5-9-19(27)10-6-16)31(30-24)25(32)18-13-21(34-2)23(36-4)22(14-18)35-3/h5-14H,15H2,1-4H3,(H,28,29,30). The summed E-state index contributed by atoms with van der Waals surface area (Å²) in [5.41, 5.74) is 1.96. The van der Waals surface area contributed by atoms with Crippen molar-refractivity contribution in [1.82, 2.24) is 14.8 Å². The Morgan fingerprint density at radius 2 is 1.53 bits per heavy atom. The molecule has 0 aliphatic heterocycles. The van der Waals surface area contributed by atoms with E-state index in [0.29, 0.717) is 40.4 Å². The summed E-state index contributed by atoms with van der Waals surface area (Å²) < 4.78 is 22.6. The molecule has 10 heteroatoms. The summed E-state index contributed by atoms with van der Waals surface area (Å²) in [5, 5.41) is 8.36. The minimum absolute atomic E-state index is 0.273. The Bertz CT molecular complexity index is 1330. The molecule has 0 amide bonds. The number of carbonyl (C=O) groups is 1. The van der Waals surface area contributed by atoms with Crippen molar-refractivity contribution in [3.05, 3.63) is 76.8 Å². The normalized spacial score (nSPS) is 10.6. The Hall–Kier alpha value is -4.24. The molecule has 0 bridgehead atoms. The van der Waals surface area contributed by atoms with Gasteiger partial charge in [-0.25, -0.2) is 0 Å². The second kappa shape index (κ2) is 11.0. The molecule has 3 aromatic carbocycles. The topological polar surface area (TPSA) is 96.7 Å². The number of benzene rings is 3. The van der Waals surface area contributed by atoms with E-state index in [1.54, 1.807) is 43.5 Å². The van der Waals surface area contributed by atoms with E-state index >= 15 is 0 Å². The Morgan fingerprint density at radius 3 is 2.08 bits per heavy atom. The number of nitrogens with zero attached hydrogens (tertiary/aromatic N) is 3. The van der Waals surface area contributed by atoms with E-state index in [-0.39, 0.29) is 11.5 Å². The molecule has 1 aromatic heterocycles. The number of ether oxygens (including phenoxy) is 4. The van der Waals surface area contributed by atoms with Gasteiger partial charge in [-0.1, -0.05) is 23.7 Å². The van der Waals surface area contributed by atoms with Crippen LogP contribution in [0.15, 0.2) is 60.7 Å². The Balaban J connectivity index is 1.74. The van der Waals surface area contributed by atoms with Crippen LogP contribution in [0, 0.1) is 0 Å². The highest BCUT2D eigenvalue weighted by Crippen LogP contribution is 2.38. The third kappa shape index (κ3) is 5.21. The predicted octanol–water partition coefficient (Wildman–Crippen LogP) is 4.93. The largest absolute Gasteiger partial charge is 0.497 e. The summed E-state index contributed by atoms with van der Waals surface area (Å²) in [4.78, 5) is 18.2. The van der Waals surface area contributed by atoms with Gasteiger partial charge in [0.25, 0.3) is 5.91 Å². The summed E-state index contributed by atoms with van der Waals surface area (Å²) in [7, 11) is 6.07. The third-order valence-corrected chi connectivity index (χ3v) is 5.68. The number of nitrogens with one attached hydrogen (secondary N) is 1. The smallest absolute Gasteiger partial charge is 0.281 e. The van der Waals surface area contributed by atoms with Crippen molar-refractivity contribution in [2.24, 2.45) is 0 Å². The van der Waals surface area contributed by atoms with E-state index in [4.69, 9.17) is 30.5 Å². The minimum atomic E-state index is -0.430. The van der Waals surface area contributed by atoms with Crippen molar-refractivity contribution in [1.29, 1.82) is 0 Å². The lowest BCUT2D eigenvalue weighted by Gasteiger charge is -2.14. The van der Waals surface area contributed by atoms with Crippen LogP contribution in [0.5, 0.6) is 23.0 Å². The number of rotatable bonds is 9. The monoisotopic (exact) mass is 508 g/mol. The number of anilines is 1. The number of methoxy groups -OCH3 is 4. The molecule has 186 valence electrons. The summed E-state index contributed by atoms with van der Waals surface area (Å²) in [6, 6.07) is 17.8. The molecular weight excluding hydrogens is 484 g/mol. The first-order valence-corrected chi connectivity index (χ1v) is 11.3. The van der Waals surface area contributed by atoms with Gasteiger partial charge in [0.1, 0.15) is 5.75 Å². The second-order valence-corrected chi connectivity index (χ2v) is 8.03. The van der Waals surface area contributed by atoms with Crippen LogP contribution in [-0.2, 0) is 6.54 Å². The maximum Gasteiger partial charge on any atom is 0.281 e. The maximum absolute atomic E-state index is 13.6. The fraction of sp³-hybridized carbons (Fsp3) is 0.192. The van der Waals surface area contributed by atoms with Crippen LogP contribution in [0.3, 0.4) is 0 Å². The number of hydrogen-bond donors (Lipinski definition) is 1. The summed E-state index contributed by atoms with van der Waals surface area (Å²) >= 11 is 6.00. The van der Waals surface area contributed by atoms with Crippen molar-refractivity contribution in [3.8, 4) is 34.4 Å². The summed E-state index contributed by atoms with van der Waals surface area (Å²) in [5.74, 6) is 2.01. The molecule has 9 nitrogen and oxygen atoms in total. The number of halogens is 1. The van der Waals surface area contributed by atoms with Crippen molar-refractivity contribution >= 4 is 23.5 Å². The zero-order valence-corrected chi connectivity index (χ0v) is 21.0. The third-order valence-electron chi connectivity index (χ3n) is 5.42. The van der Waals surface area contributed by atoms with Gasteiger partial charge in [-0.05, 0) is 54.1 Å². The molecule has 0 aliphatic carbocycles. The van der Waals surface area contributed by atoms with E-state index < -0.39 is 5.91 Å². The fourth-order valence-electron chi connectivity index (χ4n) is 3.54. The van der Waals surface area contributed by atoms with Gasteiger partial charge in [0.05, 0.1) is 28.4 Å². The van der Waals surface area contributed by atoms with Crippen LogP contribution in [0.4, 0.5) is 5.95 Å². The molecule has 4 rings (SSSR count). The molecule has 36 heavy (non-hydrogen) atoms. The van der Waals surface area contributed by atoms with E-state index in [0.717, 1.165) is 11.1 Å². The minimum Gasteiger partial charge on any atom is -0.497 e. The van der Waals surface area contributed by atoms with Crippen molar-refractivity contribution < 1.29 is 23.7 Å². The average Bonchev–Trinajstić information content (AvgIpc) is 3.35. The molecular formula is C26H25ClN4O5. The highest BCUT2D eigenvalue weighted by atomic mass is 35.5. The van der Waals surface area contributed by atoms with Gasteiger partial charge in [0, 0.05) is 22.7 Å². The lowest BCUT2D eigenvalue weighted by Crippen LogP contribution is -2.18. The van der Waals surface area contributed by atoms with Gasteiger partial charge in [-0.2, -0.15) is 9.67 Å². The molecule has 0 saturated carbocycles. The van der Waals surface area contributed by atoms with Crippen molar-refractivity contribution in [2.45, 2.75) is 6.54 Å². The summed E-state index contributed by atoms with van der Waals surface area (Å²) in [6.07, 6.45) is 0. The van der Waals surface area contributed by atoms with Crippen molar-refractivity contribution in [3.63, 3.8) is 0 Å². The quantitative estimate of drug-likeness (QED) is 0.340. The predicted molar refractivity (Wildman–Crippen MR) is 137 cm³/mol. The first-order chi connectivity index (χ1) is 17.5. The van der Waals surface area contributed by atoms with Crippen LogP contribution in [0.1, 0.15) is 15.9 Å². The number of hydrogen-bond acceptors (Lipinski definition) is 8. The molecule has 4 aromatic rings. The van der Waals surface area contributed by atoms with Gasteiger partial charge < -0.3 is 24.3 Å². The highest BCUT2D eigenvalue weighted by Gasteiger charge is 2.23. The molecule has 1 heterocycles. The Kier molecular flexibility index (Phi) is 7.60. The van der Waals surface area contributed by atoms with Crippen LogP contribution in [0.2, 0.25) is 5.02 Å². The Morgan fingerprint density at radius 1 is 0.889 bits per heavy atom. The van der Waals surface area contributed by atoms with Crippen LogP contribution in [-0.4, -0.2) is 49.1 Å². The van der Waals surface area contributed by atoms with Gasteiger partial charge in [0.15, 0.2) is 17.3 Å². The average molecular weight is 509 g/mol. The molecule has 0 spiro atoms. The SMILES string of the molecule is COc1ccc(-c2nc(NCc3ccc(Cl)cc3)n(C(=O)c3cc(OC)c(OC)c(OC)c3)n2)cc1. The van der Waals surface area contributed by atoms with Crippen molar-refractivity contribution in [2.75, 3.05) is 33.8 Å². The van der Waals surface area contributed by atoms with Gasteiger partial charge >= 0.3 is 0 Å². The molecule has 0 unspecified atom stereocenters. The van der Waals surface area contributed by atoms with E-state index in [9.17, 15) is 4.79 Å². The summed E-state index contributed by atoms with van der Waals surface area (Å²) in [6.45, 7) is 0.403. The highest BCUT2D eigenvalue weighted by molar-refractivity contribution is 6.30. The number of aromatic nitrogens is 3.